The third kappa shape index (κ3) is 3.50. The van der Waals surface area contributed by atoms with Crippen LogP contribution >= 0.6 is 0 Å². The van der Waals surface area contributed by atoms with E-state index in [9.17, 15) is 15.0 Å². The number of benzene rings is 2. The highest BCUT2D eigenvalue weighted by molar-refractivity contribution is 5.96. The van der Waals surface area contributed by atoms with E-state index in [1.165, 1.54) is 18.5 Å². The number of carbonyl (C=O) groups is 1. The first kappa shape index (κ1) is 24.5. The number of nitrogens with one attached hydrogen (secondary N) is 1. The summed E-state index contributed by atoms with van der Waals surface area (Å²) in [6.45, 7) is 5.49. The second kappa shape index (κ2) is 8.38. The average molecular weight is 553 g/mol. The Labute approximate surface area is 237 Å². The minimum atomic E-state index is -0.997. The van der Waals surface area contributed by atoms with Gasteiger partial charge in [-0.25, -0.2) is 0 Å². The summed E-state index contributed by atoms with van der Waals surface area (Å²) in [5, 5.41) is 29.6. The molecule has 210 valence electrons. The van der Waals surface area contributed by atoms with E-state index in [4.69, 9.17) is 9.26 Å². The summed E-state index contributed by atoms with van der Waals surface area (Å²) >= 11 is 0. The number of aromatic nitrogens is 2. The molecule has 1 fully saturated rings. The molecule has 2 aliphatic heterocycles. The van der Waals surface area contributed by atoms with Gasteiger partial charge in [0.25, 0.3) is 11.8 Å². The van der Waals surface area contributed by atoms with Crippen molar-refractivity contribution >= 4 is 5.91 Å². The van der Waals surface area contributed by atoms with Gasteiger partial charge in [0.05, 0.1) is 11.0 Å². The maximum absolute atomic E-state index is 13.9. The van der Waals surface area contributed by atoms with Gasteiger partial charge < -0.3 is 29.7 Å². The smallest absolute Gasteiger partial charge is 0.252 e. The Morgan fingerprint density at radius 2 is 1.95 bits per heavy atom. The summed E-state index contributed by atoms with van der Waals surface area (Å²) in [6, 6.07) is 13.2. The van der Waals surface area contributed by atoms with Crippen molar-refractivity contribution in [1.29, 1.82) is 0 Å². The van der Waals surface area contributed by atoms with Crippen LogP contribution in [0.1, 0.15) is 56.5 Å². The third-order valence-corrected chi connectivity index (χ3v) is 9.53. The second-order valence-corrected chi connectivity index (χ2v) is 12.6. The van der Waals surface area contributed by atoms with E-state index in [2.05, 4.69) is 20.4 Å². The van der Waals surface area contributed by atoms with Crippen LogP contribution in [-0.2, 0) is 22.2 Å². The number of ether oxygens (including phenoxy) is 1. The molecular formula is C32H32N4O5. The number of amides is 1. The number of aliphatic hydroxyl groups excluding tert-OH is 1. The lowest BCUT2D eigenvalue weighted by Crippen LogP contribution is -2.55. The van der Waals surface area contributed by atoms with E-state index in [0.717, 1.165) is 54.1 Å². The Balaban J connectivity index is 1.16. The molecule has 1 aromatic heterocycles. The van der Waals surface area contributed by atoms with Gasteiger partial charge in [0, 0.05) is 42.8 Å². The number of phenolic OH excluding ortho intramolecular Hbond substituents is 1. The summed E-state index contributed by atoms with van der Waals surface area (Å²) in [5.41, 5.74) is 4.01. The Kier molecular flexibility index (Phi) is 5.01. The highest BCUT2D eigenvalue weighted by Crippen LogP contribution is 2.63. The van der Waals surface area contributed by atoms with E-state index >= 15 is 0 Å². The van der Waals surface area contributed by atoms with Gasteiger partial charge in [-0.1, -0.05) is 41.6 Å². The van der Waals surface area contributed by atoms with E-state index < -0.39 is 23.0 Å². The molecule has 1 spiro atoms. The quantitative estimate of drug-likeness (QED) is 0.405. The molecule has 9 heteroatoms. The fraction of sp³-hybridized carbons (Fsp3) is 0.406. The minimum Gasteiger partial charge on any atom is -0.508 e. The van der Waals surface area contributed by atoms with Gasteiger partial charge in [-0.15, -0.1) is 0 Å². The monoisotopic (exact) mass is 552 g/mol. The maximum atomic E-state index is 13.9. The van der Waals surface area contributed by atoms with Crippen LogP contribution in [0.2, 0.25) is 0 Å². The van der Waals surface area contributed by atoms with Crippen molar-refractivity contribution in [1.82, 2.24) is 20.4 Å². The molecule has 1 saturated carbocycles. The molecular weight excluding hydrogens is 520 g/mol. The van der Waals surface area contributed by atoms with Crippen molar-refractivity contribution in [2.24, 2.45) is 5.92 Å². The molecule has 3 aliphatic carbocycles. The molecule has 8 rings (SSSR count). The number of nitrogens with zero attached hydrogens (tertiary/aromatic N) is 3. The Morgan fingerprint density at radius 3 is 2.73 bits per heavy atom. The van der Waals surface area contributed by atoms with E-state index in [1.807, 2.05) is 36.4 Å². The molecule has 1 amide bonds. The number of aliphatic hydroxyl groups is 1. The van der Waals surface area contributed by atoms with Crippen LogP contribution < -0.4 is 10.1 Å². The van der Waals surface area contributed by atoms with E-state index in [1.54, 1.807) is 19.9 Å². The summed E-state index contributed by atoms with van der Waals surface area (Å²) in [5.74, 6) is 1.45. The number of carbonyl (C=O) groups excluding carboxylic acids is 1. The lowest BCUT2D eigenvalue weighted by Gasteiger charge is -2.51. The molecule has 41 heavy (non-hydrogen) atoms. The minimum absolute atomic E-state index is 0.0706. The Morgan fingerprint density at radius 1 is 1.15 bits per heavy atom. The number of phenols is 1. The largest absolute Gasteiger partial charge is 0.508 e. The predicted octanol–water partition coefficient (Wildman–Crippen LogP) is 4.63. The zero-order valence-electron chi connectivity index (χ0n) is 23.1. The standard InChI is InChI=1S/C32H32N4O5/c1-31(2,30-33-28(35-41-30)18-6-4-3-5-7-18)34-29(39)20-15-21-22-14-19-10-11-23(37)26-24(19)32(21,27(40-26)25(20)38)12-13-36(22)16-17-8-9-17/h3-7,10-11,17,27,37-38H,8-9,12-16H2,1-2H3,(H,34,39)/t27?,32-/m0/s1. The molecule has 3 aromatic rings. The van der Waals surface area contributed by atoms with Crippen LogP contribution in [-0.4, -0.2) is 50.4 Å². The zero-order chi connectivity index (χ0) is 28.1. The maximum Gasteiger partial charge on any atom is 0.252 e. The van der Waals surface area contributed by atoms with Crippen molar-refractivity contribution < 1.29 is 24.3 Å². The zero-order valence-corrected chi connectivity index (χ0v) is 23.1. The molecule has 0 radical (unpaired) electrons. The SMILES string of the molecule is CC(C)(NC(=O)C1=C(O)C2Oc3c(O)ccc4c3[C@@]23CCN(CC2CC2)C(=C3C1)C4)c1nc(-c2ccccc2)no1. The molecule has 9 nitrogen and oxygen atoms in total. The molecule has 1 unspecified atom stereocenters. The summed E-state index contributed by atoms with van der Waals surface area (Å²) in [4.78, 5) is 20.9. The van der Waals surface area contributed by atoms with E-state index in [-0.39, 0.29) is 23.0 Å². The first-order chi connectivity index (χ1) is 19.8. The van der Waals surface area contributed by atoms with Crippen molar-refractivity contribution in [3.63, 3.8) is 0 Å². The van der Waals surface area contributed by atoms with Gasteiger partial charge >= 0.3 is 0 Å². The van der Waals surface area contributed by atoms with Gasteiger partial charge in [0.2, 0.25) is 5.82 Å². The van der Waals surface area contributed by atoms with Gasteiger partial charge in [0.1, 0.15) is 11.3 Å². The summed E-state index contributed by atoms with van der Waals surface area (Å²) < 4.78 is 11.9. The predicted molar refractivity (Wildman–Crippen MR) is 149 cm³/mol. The number of aromatic hydroxyl groups is 1. The molecule has 2 atom stereocenters. The normalized spacial score (nSPS) is 24.3. The second-order valence-electron chi connectivity index (χ2n) is 12.6. The van der Waals surface area contributed by atoms with Crippen molar-refractivity contribution in [3.8, 4) is 22.9 Å². The topological polar surface area (TPSA) is 121 Å². The lowest BCUT2D eigenvalue weighted by molar-refractivity contribution is -0.120. The van der Waals surface area contributed by atoms with Crippen LogP contribution in [0.4, 0.5) is 0 Å². The van der Waals surface area contributed by atoms with Crippen LogP contribution in [0.15, 0.2) is 69.6 Å². The number of rotatable bonds is 6. The first-order valence-corrected chi connectivity index (χ1v) is 14.4. The Bertz CT molecular complexity index is 1670. The van der Waals surface area contributed by atoms with E-state index in [0.29, 0.717) is 18.0 Å². The van der Waals surface area contributed by atoms with Crippen molar-refractivity contribution in [2.75, 3.05) is 13.1 Å². The molecule has 3 heterocycles. The highest BCUT2D eigenvalue weighted by Gasteiger charge is 2.62. The number of hydrogen-bond acceptors (Lipinski definition) is 8. The molecule has 0 saturated heterocycles. The fourth-order valence-corrected chi connectivity index (χ4v) is 7.31. The molecule has 3 N–H and O–H groups in total. The molecule has 5 aliphatic rings. The summed E-state index contributed by atoms with van der Waals surface area (Å²) in [7, 11) is 0. The van der Waals surface area contributed by atoms with Crippen molar-refractivity contribution in [2.45, 2.75) is 63.0 Å². The third-order valence-electron chi connectivity index (χ3n) is 9.53. The van der Waals surface area contributed by atoms with Crippen molar-refractivity contribution in [3.05, 3.63) is 82.1 Å². The van der Waals surface area contributed by atoms with Crippen LogP contribution in [0, 0.1) is 5.92 Å². The first-order valence-electron chi connectivity index (χ1n) is 14.4. The highest BCUT2D eigenvalue weighted by atomic mass is 16.5. The van der Waals surface area contributed by atoms with Gasteiger partial charge in [-0.05, 0) is 56.2 Å². The van der Waals surface area contributed by atoms with Crippen LogP contribution in [0.25, 0.3) is 11.4 Å². The number of allylic oxidation sites excluding steroid dienone is 1. The van der Waals surface area contributed by atoms with Gasteiger partial charge in [0.15, 0.2) is 17.6 Å². The Hall–Kier alpha value is -4.27. The van der Waals surface area contributed by atoms with Crippen LogP contribution in [0.3, 0.4) is 0 Å². The lowest BCUT2D eigenvalue weighted by atomic mass is 9.57. The molecule has 2 aromatic carbocycles. The van der Waals surface area contributed by atoms with Gasteiger partial charge in [-0.3, -0.25) is 4.79 Å². The van der Waals surface area contributed by atoms with Gasteiger partial charge in [-0.2, -0.15) is 4.98 Å². The average Bonchev–Trinajstić information content (AvgIpc) is 3.48. The summed E-state index contributed by atoms with van der Waals surface area (Å²) in [6.07, 6.45) is 3.57. The number of hydrogen-bond donors (Lipinski definition) is 3. The fourth-order valence-electron chi connectivity index (χ4n) is 7.31. The van der Waals surface area contributed by atoms with Crippen LogP contribution in [0.5, 0.6) is 11.5 Å². The molecule has 2 bridgehead atoms.